The van der Waals surface area contributed by atoms with Crippen molar-refractivity contribution in [3.05, 3.63) is 0 Å². The first-order valence-corrected chi connectivity index (χ1v) is 9.42. The lowest BCUT2D eigenvalue weighted by atomic mass is 9.69. The molecule has 0 radical (unpaired) electrons. The highest BCUT2D eigenvalue weighted by Gasteiger charge is 2.59. The smallest absolute Gasteiger partial charge is 0.320 e. The molecule has 1 saturated carbocycles. The molecule has 2 saturated heterocycles. The van der Waals surface area contributed by atoms with Gasteiger partial charge < -0.3 is 9.84 Å². The maximum atomic E-state index is 12.1. The van der Waals surface area contributed by atoms with Gasteiger partial charge in [0, 0.05) is 16.4 Å². The maximum absolute atomic E-state index is 12.1. The Morgan fingerprint density at radius 2 is 2.05 bits per heavy atom. The van der Waals surface area contributed by atoms with Crippen molar-refractivity contribution >= 4 is 23.7 Å². The average molecular weight is 326 g/mol. The summed E-state index contributed by atoms with van der Waals surface area (Å²) in [4.78, 5) is 23.1. The third-order valence-corrected chi connectivity index (χ3v) is 8.17. The highest BCUT2D eigenvalue weighted by atomic mass is 32.2. The van der Waals surface area contributed by atoms with Crippen LogP contribution >= 0.6 is 11.8 Å². The van der Waals surface area contributed by atoms with Gasteiger partial charge in [0.25, 0.3) is 0 Å². The fourth-order valence-electron chi connectivity index (χ4n) is 4.72. The van der Waals surface area contributed by atoms with E-state index in [0.29, 0.717) is 11.2 Å². The summed E-state index contributed by atoms with van der Waals surface area (Å²) in [6.45, 7) is 5.46. The van der Waals surface area contributed by atoms with E-state index in [9.17, 15) is 9.59 Å². The molecule has 3 fully saturated rings. The average Bonchev–Trinajstić information content (AvgIpc) is 3.17. The number of hydrogen-bond acceptors (Lipinski definition) is 4. The molecule has 2 heterocycles. The normalized spacial score (nSPS) is 40.0. The van der Waals surface area contributed by atoms with Crippen molar-refractivity contribution in [3.63, 3.8) is 0 Å². The van der Waals surface area contributed by atoms with Crippen LogP contribution in [0.15, 0.2) is 0 Å². The summed E-state index contributed by atoms with van der Waals surface area (Å²) >= 11 is 2.11. The van der Waals surface area contributed by atoms with Crippen LogP contribution in [0.5, 0.6) is 0 Å². The fourth-order valence-corrected chi connectivity index (χ4v) is 7.11. The van der Waals surface area contributed by atoms with Gasteiger partial charge in [-0.3, -0.25) is 9.59 Å². The molecular formula is C17H26O4S. The molecule has 3 aliphatic rings. The molecule has 0 aromatic heterocycles. The molecule has 4 nitrogen and oxygen atoms in total. The third-order valence-electron chi connectivity index (χ3n) is 6.28. The molecule has 3 rings (SSSR count). The number of carbonyl (C=O) groups excluding carboxylic acids is 1. The van der Waals surface area contributed by atoms with Gasteiger partial charge in [0.15, 0.2) is 5.92 Å². The molecule has 124 valence electrons. The molecule has 7 atom stereocenters. The molecule has 2 bridgehead atoms. The number of aliphatic carboxylic acids is 1. The second-order valence-corrected chi connectivity index (χ2v) is 8.81. The fraction of sp³-hybridized carbons (Fsp3) is 0.882. The summed E-state index contributed by atoms with van der Waals surface area (Å²) in [6.07, 6.45) is 5.89. The minimum atomic E-state index is -1.11. The Hall–Kier alpha value is -0.710. The Morgan fingerprint density at radius 3 is 2.68 bits per heavy atom. The number of ether oxygens (including phenoxy) is 1. The van der Waals surface area contributed by atoms with Crippen molar-refractivity contribution in [1.29, 1.82) is 0 Å². The molecular weight excluding hydrogens is 300 g/mol. The van der Waals surface area contributed by atoms with E-state index < -0.39 is 23.5 Å². The molecule has 7 unspecified atom stereocenters. The Labute approximate surface area is 136 Å². The van der Waals surface area contributed by atoms with Gasteiger partial charge in [0.05, 0.1) is 0 Å². The minimum absolute atomic E-state index is 0.372. The van der Waals surface area contributed by atoms with Gasteiger partial charge >= 0.3 is 11.9 Å². The quantitative estimate of drug-likeness (QED) is 0.620. The Bertz CT molecular complexity index is 479. The van der Waals surface area contributed by atoms with Crippen molar-refractivity contribution in [3.8, 4) is 0 Å². The highest BCUT2D eigenvalue weighted by Crippen LogP contribution is 2.63. The van der Waals surface area contributed by atoms with E-state index in [1.807, 2.05) is 13.8 Å². The van der Waals surface area contributed by atoms with Gasteiger partial charge in [-0.15, -0.1) is 0 Å². The summed E-state index contributed by atoms with van der Waals surface area (Å²) in [5, 5.41) is 10.3. The first kappa shape index (κ1) is 16.2. The van der Waals surface area contributed by atoms with Gasteiger partial charge in [-0.25, -0.2) is 0 Å². The lowest BCUT2D eigenvalue weighted by Crippen LogP contribution is -2.47. The summed E-state index contributed by atoms with van der Waals surface area (Å²) in [6, 6.07) is 0. The predicted octanol–water partition coefficient (Wildman–Crippen LogP) is 3.34. The number of thioether (sulfide) groups is 1. The van der Waals surface area contributed by atoms with E-state index in [2.05, 4.69) is 11.8 Å². The zero-order chi connectivity index (χ0) is 16.1. The lowest BCUT2D eigenvalue weighted by molar-refractivity contribution is -0.174. The van der Waals surface area contributed by atoms with Gasteiger partial charge in [-0.05, 0) is 51.4 Å². The predicted molar refractivity (Wildman–Crippen MR) is 85.7 cm³/mol. The molecule has 1 N–H and O–H groups in total. The largest absolute Gasteiger partial charge is 0.481 e. The van der Waals surface area contributed by atoms with Crippen molar-refractivity contribution in [2.45, 2.75) is 69.0 Å². The van der Waals surface area contributed by atoms with Crippen LogP contribution in [0.2, 0.25) is 0 Å². The first-order valence-electron chi connectivity index (χ1n) is 8.48. The molecule has 0 aromatic carbocycles. The number of esters is 1. The van der Waals surface area contributed by atoms with Crippen LogP contribution in [-0.2, 0) is 14.3 Å². The first-order chi connectivity index (χ1) is 10.4. The molecule has 0 amide bonds. The SMILES string of the molecule is CCC(C)(OC(=O)C(C)C(=O)O)C1CC2SC1C1CCCC21. The molecule has 0 aromatic rings. The van der Waals surface area contributed by atoms with Gasteiger partial charge in [0.1, 0.15) is 5.60 Å². The highest BCUT2D eigenvalue weighted by molar-refractivity contribution is 8.01. The summed E-state index contributed by atoms with van der Waals surface area (Å²) in [5.41, 5.74) is -0.527. The second kappa shape index (κ2) is 5.73. The van der Waals surface area contributed by atoms with Crippen molar-refractivity contribution in [2.75, 3.05) is 0 Å². The summed E-state index contributed by atoms with van der Waals surface area (Å²) < 4.78 is 5.76. The van der Waals surface area contributed by atoms with E-state index in [0.717, 1.165) is 29.9 Å². The molecule has 22 heavy (non-hydrogen) atoms. The van der Waals surface area contributed by atoms with Crippen LogP contribution in [0.1, 0.15) is 52.9 Å². The van der Waals surface area contributed by atoms with E-state index >= 15 is 0 Å². The third kappa shape index (κ3) is 2.45. The number of rotatable bonds is 5. The van der Waals surface area contributed by atoms with Gasteiger partial charge in [0.2, 0.25) is 0 Å². The van der Waals surface area contributed by atoms with Crippen molar-refractivity contribution in [2.24, 2.45) is 23.7 Å². The minimum Gasteiger partial charge on any atom is -0.481 e. The Kier molecular flexibility index (Phi) is 4.21. The van der Waals surface area contributed by atoms with Crippen LogP contribution in [0.25, 0.3) is 0 Å². The van der Waals surface area contributed by atoms with Gasteiger partial charge in [-0.1, -0.05) is 13.3 Å². The molecule has 2 aliphatic heterocycles. The Morgan fingerprint density at radius 1 is 1.36 bits per heavy atom. The van der Waals surface area contributed by atoms with Crippen LogP contribution < -0.4 is 0 Å². The number of carbonyl (C=O) groups is 2. The van der Waals surface area contributed by atoms with Crippen LogP contribution in [-0.4, -0.2) is 33.1 Å². The van der Waals surface area contributed by atoms with Crippen molar-refractivity contribution in [1.82, 2.24) is 0 Å². The standard InChI is InChI=1S/C17H26O4S/c1-4-17(3,21-16(20)9(2)15(18)19)12-8-13-10-6-5-7-11(10)14(12)22-13/h9-14H,4-8H2,1-3H3,(H,18,19). The number of carboxylic acids is 1. The van der Waals surface area contributed by atoms with E-state index in [1.165, 1.54) is 26.2 Å². The monoisotopic (exact) mass is 326 g/mol. The number of fused-ring (bicyclic) bond motifs is 5. The van der Waals surface area contributed by atoms with Crippen LogP contribution in [0, 0.1) is 23.7 Å². The zero-order valence-corrected chi connectivity index (χ0v) is 14.4. The summed E-state index contributed by atoms with van der Waals surface area (Å²) in [7, 11) is 0. The van der Waals surface area contributed by atoms with E-state index in [-0.39, 0.29) is 0 Å². The Balaban J connectivity index is 1.74. The number of carboxylic acid groups (broad SMARTS) is 1. The maximum Gasteiger partial charge on any atom is 0.320 e. The van der Waals surface area contributed by atoms with Gasteiger partial charge in [-0.2, -0.15) is 11.8 Å². The molecule has 1 aliphatic carbocycles. The molecule has 0 spiro atoms. The zero-order valence-electron chi connectivity index (χ0n) is 13.6. The van der Waals surface area contributed by atoms with Crippen LogP contribution in [0.3, 0.4) is 0 Å². The lowest BCUT2D eigenvalue weighted by Gasteiger charge is -2.42. The topological polar surface area (TPSA) is 63.6 Å². The van der Waals surface area contributed by atoms with E-state index in [4.69, 9.17) is 9.84 Å². The van der Waals surface area contributed by atoms with Crippen molar-refractivity contribution < 1.29 is 19.4 Å². The second-order valence-electron chi connectivity index (χ2n) is 7.39. The summed E-state index contributed by atoms with van der Waals surface area (Å²) in [5.74, 6) is -0.751. The number of hydrogen-bond donors (Lipinski definition) is 1. The van der Waals surface area contributed by atoms with E-state index in [1.54, 1.807) is 0 Å². The molecule has 5 heteroatoms. The van der Waals surface area contributed by atoms with Crippen LogP contribution in [0.4, 0.5) is 0 Å².